The van der Waals surface area contributed by atoms with Gasteiger partial charge in [-0.15, -0.1) is 0 Å². The maximum absolute atomic E-state index is 13.9. The van der Waals surface area contributed by atoms with Crippen LogP contribution in [0.5, 0.6) is 0 Å². The summed E-state index contributed by atoms with van der Waals surface area (Å²) in [5, 5.41) is 4.22. The van der Waals surface area contributed by atoms with Crippen molar-refractivity contribution in [3.8, 4) is 0 Å². The van der Waals surface area contributed by atoms with Gasteiger partial charge in [0, 0.05) is 37.2 Å². The Labute approximate surface area is 141 Å². The summed E-state index contributed by atoms with van der Waals surface area (Å²) in [5.41, 5.74) is 1.46. The molecule has 22 heavy (non-hydrogen) atoms. The quantitative estimate of drug-likeness (QED) is 0.809. The summed E-state index contributed by atoms with van der Waals surface area (Å²) in [6.07, 6.45) is 0. The predicted molar refractivity (Wildman–Crippen MR) is 89.6 cm³/mol. The predicted octanol–water partition coefficient (Wildman–Crippen LogP) is 3.61. The summed E-state index contributed by atoms with van der Waals surface area (Å²) >= 11 is 4.90. The van der Waals surface area contributed by atoms with E-state index in [1.165, 1.54) is 11.6 Å². The number of benzene rings is 1. The van der Waals surface area contributed by atoms with E-state index in [2.05, 4.69) is 37.7 Å². The molecule has 2 heterocycles. The topological polar surface area (TPSA) is 23.6 Å². The summed E-state index contributed by atoms with van der Waals surface area (Å²) in [5.74, 6) is -0.694. The van der Waals surface area contributed by atoms with Crippen LogP contribution in [0.25, 0.3) is 0 Å². The molecular weight excluding hydrogens is 367 g/mol. The van der Waals surface area contributed by atoms with Crippen LogP contribution in [0.1, 0.15) is 15.9 Å². The fraction of sp³-hybridized carbons (Fsp3) is 0.312. The average Bonchev–Trinajstić information content (AvgIpc) is 3.00. The van der Waals surface area contributed by atoms with Crippen LogP contribution in [0.4, 0.5) is 4.39 Å². The summed E-state index contributed by atoms with van der Waals surface area (Å²) in [7, 11) is 0. The molecule has 1 saturated heterocycles. The highest BCUT2D eigenvalue weighted by atomic mass is 79.9. The van der Waals surface area contributed by atoms with Crippen molar-refractivity contribution >= 4 is 33.2 Å². The van der Waals surface area contributed by atoms with Gasteiger partial charge in [-0.3, -0.25) is 9.69 Å². The lowest BCUT2D eigenvalue weighted by atomic mass is 10.1. The van der Waals surface area contributed by atoms with Crippen molar-refractivity contribution in [1.29, 1.82) is 0 Å². The van der Waals surface area contributed by atoms with Crippen LogP contribution < -0.4 is 0 Å². The molecule has 6 heteroatoms. The molecule has 0 radical (unpaired) electrons. The number of rotatable bonds is 3. The van der Waals surface area contributed by atoms with E-state index in [1.807, 2.05) is 0 Å². The third kappa shape index (κ3) is 3.56. The van der Waals surface area contributed by atoms with E-state index >= 15 is 0 Å². The third-order valence-electron chi connectivity index (χ3n) is 3.81. The molecule has 0 unspecified atom stereocenters. The second-order valence-electron chi connectivity index (χ2n) is 5.32. The number of hydrogen-bond acceptors (Lipinski definition) is 3. The summed E-state index contributed by atoms with van der Waals surface area (Å²) < 4.78 is 14.5. The third-order valence-corrected chi connectivity index (χ3v) is 5.03. The van der Waals surface area contributed by atoms with E-state index in [9.17, 15) is 9.18 Å². The zero-order valence-corrected chi connectivity index (χ0v) is 14.4. The molecule has 1 aromatic carbocycles. The first-order chi connectivity index (χ1) is 10.6. The van der Waals surface area contributed by atoms with Crippen LogP contribution in [0.15, 0.2) is 39.5 Å². The lowest BCUT2D eigenvalue weighted by molar-refractivity contribution is 0.0624. The van der Waals surface area contributed by atoms with Crippen molar-refractivity contribution in [1.82, 2.24) is 9.80 Å². The van der Waals surface area contributed by atoms with Gasteiger partial charge in [-0.25, -0.2) is 4.39 Å². The molecule has 1 aliphatic rings. The molecule has 0 spiro atoms. The Morgan fingerprint density at radius 1 is 1.23 bits per heavy atom. The number of carbonyl (C=O) groups is 1. The first-order valence-electron chi connectivity index (χ1n) is 7.11. The first kappa shape index (κ1) is 15.6. The Kier molecular flexibility index (Phi) is 4.90. The Morgan fingerprint density at radius 3 is 2.64 bits per heavy atom. The van der Waals surface area contributed by atoms with Crippen LogP contribution >= 0.6 is 27.3 Å². The molecule has 0 atom stereocenters. The van der Waals surface area contributed by atoms with Gasteiger partial charge in [0.1, 0.15) is 5.82 Å². The molecular formula is C16H16BrFN2OS. The minimum absolute atomic E-state index is 0.148. The minimum Gasteiger partial charge on any atom is -0.336 e. The van der Waals surface area contributed by atoms with E-state index in [1.54, 1.807) is 28.4 Å². The molecule has 1 aliphatic heterocycles. The van der Waals surface area contributed by atoms with Gasteiger partial charge in [-0.2, -0.15) is 11.3 Å². The summed E-state index contributed by atoms with van der Waals surface area (Å²) in [6, 6.07) is 6.70. The Balaban J connectivity index is 1.60. The highest BCUT2D eigenvalue weighted by molar-refractivity contribution is 9.10. The number of piperazine rings is 1. The SMILES string of the molecule is O=C(c1ccc(Br)cc1F)N1CCN(Cc2ccsc2)CC1. The van der Waals surface area contributed by atoms with Crippen molar-refractivity contribution in [2.75, 3.05) is 26.2 Å². The first-order valence-corrected chi connectivity index (χ1v) is 8.85. The van der Waals surface area contributed by atoms with Gasteiger partial charge in [-0.05, 0) is 40.6 Å². The van der Waals surface area contributed by atoms with E-state index in [0.29, 0.717) is 17.6 Å². The number of carbonyl (C=O) groups excluding carboxylic acids is 1. The maximum Gasteiger partial charge on any atom is 0.256 e. The molecule has 0 N–H and O–H groups in total. The number of halogens is 2. The van der Waals surface area contributed by atoms with Gasteiger partial charge >= 0.3 is 0 Å². The van der Waals surface area contributed by atoms with Gasteiger partial charge in [0.15, 0.2) is 0 Å². The van der Waals surface area contributed by atoms with Crippen LogP contribution in [0.2, 0.25) is 0 Å². The fourth-order valence-corrected chi connectivity index (χ4v) is 3.58. The van der Waals surface area contributed by atoms with E-state index in [-0.39, 0.29) is 11.5 Å². The zero-order chi connectivity index (χ0) is 15.5. The molecule has 1 amide bonds. The normalized spacial score (nSPS) is 16.0. The number of nitrogens with zero attached hydrogens (tertiary/aromatic N) is 2. The van der Waals surface area contributed by atoms with E-state index < -0.39 is 5.82 Å². The molecule has 3 nitrogen and oxygen atoms in total. The smallest absolute Gasteiger partial charge is 0.256 e. The standard InChI is InChI=1S/C16H16BrFN2OS/c17-13-1-2-14(15(18)9-13)16(21)20-6-4-19(5-7-20)10-12-3-8-22-11-12/h1-3,8-9,11H,4-7,10H2. The molecule has 116 valence electrons. The molecule has 1 aromatic heterocycles. The van der Waals surface area contributed by atoms with E-state index in [0.717, 1.165) is 19.6 Å². The molecule has 0 bridgehead atoms. The number of thiophene rings is 1. The summed E-state index contributed by atoms with van der Waals surface area (Å²) in [6.45, 7) is 3.83. The van der Waals surface area contributed by atoms with Gasteiger partial charge in [0.2, 0.25) is 0 Å². The van der Waals surface area contributed by atoms with Gasteiger partial charge in [-0.1, -0.05) is 15.9 Å². The lowest BCUT2D eigenvalue weighted by Crippen LogP contribution is -2.48. The van der Waals surface area contributed by atoms with Gasteiger partial charge in [0.05, 0.1) is 5.56 Å². The Bertz CT molecular complexity index is 654. The largest absolute Gasteiger partial charge is 0.336 e. The zero-order valence-electron chi connectivity index (χ0n) is 12.0. The number of amides is 1. The molecule has 0 saturated carbocycles. The van der Waals surface area contributed by atoms with Crippen molar-refractivity contribution in [3.05, 3.63) is 56.4 Å². The second kappa shape index (κ2) is 6.89. The molecule has 2 aromatic rings. The summed E-state index contributed by atoms with van der Waals surface area (Å²) in [4.78, 5) is 16.5. The Hall–Kier alpha value is -1.24. The molecule has 1 fully saturated rings. The number of hydrogen-bond donors (Lipinski definition) is 0. The van der Waals surface area contributed by atoms with Crippen LogP contribution in [-0.4, -0.2) is 41.9 Å². The molecule has 3 rings (SSSR count). The van der Waals surface area contributed by atoms with Crippen molar-refractivity contribution in [2.45, 2.75) is 6.54 Å². The Morgan fingerprint density at radius 2 is 2.00 bits per heavy atom. The van der Waals surface area contributed by atoms with E-state index in [4.69, 9.17) is 0 Å². The average molecular weight is 383 g/mol. The lowest BCUT2D eigenvalue weighted by Gasteiger charge is -2.34. The highest BCUT2D eigenvalue weighted by Crippen LogP contribution is 2.18. The van der Waals surface area contributed by atoms with Crippen molar-refractivity contribution in [3.63, 3.8) is 0 Å². The highest BCUT2D eigenvalue weighted by Gasteiger charge is 2.24. The van der Waals surface area contributed by atoms with Gasteiger partial charge in [0.25, 0.3) is 5.91 Å². The van der Waals surface area contributed by atoms with Gasteiger partial charge < -0.3 is 4.90 Å². The second-order valence-corrected chi connectivity index (χ2v) is 7.02. The monoisotopic (exact) mass is 382 g/mol. The van der Waals surface area contributed by atoms with Crippen LogP contribution in [0.3, 0.4) is 0 Å². The van der Waals surface area contributed by atoms with Crippen LogP contribution in [-0.2, 0) is 6.54 Å². The fourth-order valence-electron chi connectivity index (χ4n) is 2.58. The van der Waals surface area contributed by atoms with Crippen molar-refractivity contribution in [2.24, 2.45) is 0 Å². The van der Waals surface area contributed by atoms with Crippen molar-refractivity contribution < 1.29 is 9.18 Å². The van der Waals surface area contributed by atoms with Crippen LogP contribution in [0, 0.1) is 5.82 Å². The molecule has 0 aliphatic carbocycles. The minimum atomic E-state index is -0.472. The maximum atomic E-state index is 13.9.